The molecule has 0 aliphatic heterocycles. The molecule has 1 aliphatic rings. The monoisotopic (exact) mass is 369 g/mol. The third kappa shape index (κ3) is 6.33. The van der Waals surface area contributed by atoms with E-state index in [0.717, 1.165) is 29.7 Å². The van der Waals surface area contributed by atoms with Crippen LogP contribution in [-0.4, -0.2) is 35.0 Å². The molecular formula is C22H31N3O2. The van der Waals surface area contributed by atoms with Gasteiger partial charge in [0.25, 0.3) is 0 Å². The Balaban J connectivity index is 1.62. The maximum atomic E-state index is 10.7. The lowest BCUT2D eigenvalue weighted by Crippen LogP contribution is -2.45. The molecule has 5 N–H and O–H groups in total. The Morgan fingerprint density at radius 2 is 1.74 bits per heavy atom. The van der Waals surface area contributed by atoms with Crippen LogP contribution in [0.25, 0.3) is 0 Å². The minimum absolute atomic E-state index is 0.226. The van der Waals surface area contributed by atoms with E-state index in [0.29, 0.717) is 19.5 Å². The molecule has 2 atom stereocenters. The highest BCUT2D eigenvalue weighted by Gasteiger charge is 2.24. The number of nitrogens with two attached hydrogens (primary N) is 2. The minimum atomic E-state index is -0.673. The van der Waals surface area contributed by atoms with Gasteiger partial charge in [0.2, 0.25) is 0 Å². The molecule has 0 aromatic heterocycles. The Labute approximate surface area is 161 Å². The summed E-state index contributed by atoms with van der Waals surface area (Å²) >= 11 is 0. The first-order chi connectivity index (χ1) is 13.1. The van der Waals surface area contributed by atoms with Gasteiger partial charge < -0.3 is 16.6 Å². The fraction of sp³-hybridized carbons (Fsp3) is 0.455. The van der Waals surface area contributed by atoms with E-state index in [-0.39, 0.29) is 12.1 Å². The molecule has 3 rings (SSSR count). The zero-order valence-electron chi connectivity index (χ0n) is 15.8. The van der Waals surface area contributed by atoms with Gasteiger partial charge in [-0.2, -0.15) is 5.06 Å². The van der Waals surface area contributed by atoms with E-state index in [1.165, 1.54) is 12.8 Å². The van der Waals surface area contributed by atoms with Crippen LogP contribution in [-0.2, 0) is 17.8 Å². The predicted molar refractivity (Wildman–Crippen MR) is 109 cm³/mol. The van der Waals surface area contributed by atoms with Crippen LogP contribution in [0, 0.1) is 0 Å². The average molecular weight is 370 g/mol. The summed E-state index contributed by atoms with van der Waals surface area (Å²) in [7, 11) is 0. The van der Waals surface area contributed by atoms with Crippen LogP contribution in [0.5, 0.6) is 0 Å². The van der Waals surface area contributed by atoms with E-state index in [2.05, 4.69) is 0 Å². The maximum absolute atomic E-state index is 10.7. The van der Waals surface area contributed by atoms with Crippen molar-refractivity contribution in [2.24, 2.45) is 5.73 Å². The molecule has 5 nitrogen and oxygen atoms in total. The molecule has 1 fully saturated rings. The van der Waals surface area contributed by atoms with Crippen molar-refractivity contribution < 1.29 is 9.94 Å². The van der Waals surface area contributed by atoms with Gasteiger partial charge in [-0.15, -0.1) is 0 Å². The summed E-state index contributed by atoms with van der Waals surface area (Å²) in [4.78, 5) is 6.20. The zero-order valence-corrected chi connectivity index (χ0v) is 15.8. The highest BCUT2D eigenvalue weighted by atomic mass is 16.7. The van der Waals surface area contributed by atoms with Gasteiger partial charge in [0.15, 0.2) is 0 Å². The molecule has 5 heteroatoms. The molecule has 1 aliphatic carbocycles. The lowest BCUT2D eigenvalue weighted by molar-refractivity contribution is -0.214. The number of benzene rings is 2. The van der Waals surface area contributed by atoms with Crippen LogP contribution in [0.4, 0.5) is 5.69 Å². The summed E-state index contributed by atoms with van der Waals surface area (Å²) in [6.45, 7) is 0.954. The van der Waals surface area contributed by atoms with Crippen molar-refractivity contribution in [2.45, 2.75) is 56.9 Å². The summed E-state index contributed by atoms with van der Waals surface area (Å²) in [6.07, 6.45) is 4.73. The van der Waals surface area contributed by atoms with E-state index in [9.17, 15) is 5.11 Å². The van der Waals surface area contributed by atoms with Crippen LogP contribution < -0.4 is 11.5 Å². The van der Waals surface area contributed by atoms with Gasteiger partial charge >= 0.3 is 0 Å². The van der Waals surface area contributed by atoms with Gasteiger partial charge in [-0.3, -0.25) is 4.84 Å². The Kier molecular flexibility index (Phi) is 7.24. The first kappa shape index (κ1) is 19.8. The molecule has 2 aromatic rings. The number of aliphatic hydroxyl groups is 1. The maximum Gasteiger partial charge on any atom is 0.0844 e. The lowest BCUT2D eigenvalue weighted by atomic mass is 10.0. The second kappa shape index (κ2) is 9.85. The Hall–Kier alpha value is -1.92. The Morgan fingerprint density at radius 1 is 1.04 bits per heavy atom. The number of anilines is 1. The summed E-state index contributed by atoms with van der Waals surface area (Å²) in [6, 6.07) is 17.5. The highest BCUT2D eigenvalue weighted by molar-refractivity contribution is 5.40. The van der Waals surface area contributed by atoms with Gasteiger partial charge in [-0.05, 0) is 42.5 Å². The van der Waals surface area contributed by atoms with Crippen molar-refractivity contribution in [3.63, 3.8) is 0 Å². The van der Waals surface area contributed by atoms with Crippen molar-refractivity contribution in [1.29, 1.82) is 0 Å². The van der Waals surface area contributed by atoms with Gasteiger partial charge in [0.1, 0.15) is 0 Å². The predicted octanol–water partition coefficient (Wildman–Crippen LogP) is 2.88. The van der Waals surface area contributed by atoms with E-state index in [1.807, 2.05) is 59.7 Å². The van der Waals surface area contributed by atoms with Gasteiger partial charge in [0, 0.05) is 18.3 Å². The summed E-state index contributed by atoms with van der Waals surface area (Å²) in [5.74, 6) is 0. The standard InChI is InChI=1S/C22H31N3O2/c23-19-10-6-9-18(13-19)15-25(27-20-11-4-5-12-20)16-22(26)21(24)14-17-7-2-1-3-8-17/h1-3,6-10,13,20-22,26H,4-5,11-12,14-16,23-24H2/t21-,22+/m0/s1. The van der Waals surface area contributed by atoms with Crippen molar-refractivity contribution in [3.8, 4) is 0 Å². The van der Waals surface area contributed by atoms with Crippen molar-refractivity contribution >= 4 is 5.69 Å². The molecule has 27 heavy (non-hydrogen) atoms. The fourth-order valence-electron chi connectivity index (χ4n) is 3.61. The van der Waals surface area contributed by atoms with E-state index >= 15 is 0 Å². The molecule has 0 unspecified atom stereocenters. The summed E-state index contributed by atoms with van der Waals surface area (Å²) in [5, 5.41) is 12.5. The Morgan fingerprint density at radius 3 is 2.44 bits per heavy atom. The summed E-state index contributed by atoms with van der Waals surface area (Å²) in [5.41, 5.74) is 15.1. The van der Waals surface area contributed by atoms with Gasteiger partial charge in [-0.25, -0.2) is 0 Å². The number of nitrogens with zero attached hydrogens (tertiary/aromatic N) is 1. The normalized spacial score (nSPS) is 17.3. The second-order valence-electron chi connectivity index (χ2n) is 7.50. The smallest absolute Gasteiger partial charge is 0.0844 e. The molecule has 2 aromatic carbocycles. The number of aliphatic hydroxyl groups excluding tert-OH is 1. The van der Waals surface area contributed by atoms with Gasteiger partial charge in [0.05, 0.1) is 18.8 Å². The number of hydroxylamine groups is 2. The number of nitrogen functional groups attached to an aromatic ring is 1. The van der Waals surface area contributed by atoms with Crippen LogP contribution in [0.1, 0.15) is 36.8 Å². The average Bonchev–Trinajstić information content (AvgIpc) is 3.15. The second-order valence-corrected chi connectivity index (χ2v) is 7.50. The third-order valence-corrected chi connectivity index (χ3v) is 5.11. The molecular weight excluding hydrogens is 338 g/mol. The van der Waals surface area contributed by atoms with Gasteiger partial charge in [-0.1, -0.05) is 55.3 Å². The molecule has 0 spiro atoms. The van der Waals surface area contributed by atoms with Crippen molar-refractivity contribution in [1.82, 2.24) is 5.06 Å². The van der Waals surface area contributed by atoms with Crippen LogP contribution in [0.15, 0.2) is 54.6 Å². The molecule has 0 amide bonds. The first-order valence-corrected chi connectivity index (χ1v) is 9.84. The molecule has 0 saturated heterocycles. The lowest BCUT2D eigenvalue weighted by Gasteiger charge is -2.29. The zero-order chi connectivity index (χ0) is 19.1. The number of hydrogen-bond acceptors (Lipinski definition) is 5. The minimum Gasteiger partial charge on any atom is -0.399 e. The molecule has 146 valence electrons. The quantitative estimate of drug-likeness (QED) is 0.467. The third-order valence-electron chi connectivity index (χ3n) is 5.11. The molecule has 0 radical (unpaired) electrons. The van der Waals surface area contributed by atoms with Crippen LogP contribution in [0.3, 0.4) is 0 Å². The summed E-state index contributed by atoms with van der Waals surface area (Å²) < 4.78 is 0. The molecule has 1 saturated carbocycles. The van der Waals surface area contributed by atoms with Crippen LogP contribution in [0.2, 0.25) is 0 Å². The Bertz CT molecular complexity index is 689. The van der Waals surface area contributed by atoms with E-state index < -0.39 is 6.10 Å². The van der Waals surface area contributed by atoms with E-state index in [1.54, 1.807) is 0 Å². The molecule has 0 bridgehead atoms. The largest absolute Gasteiger partial charge is 0.399 e. The van der Waals surface area contributed by atoms with E-state index in [4.69, 9.17) is 16.3 Å². The fourth-order valence-corrected chi connectivity index (χ4v) is 3.61. The number of rotatable bonds is 9. The first-order valence-electron chi connectivity index (χ1n) is 9.84. The number of hydrogen-bond donors (Lipinski definition) is 3. The van der Waals surface area contributed by atoms with Crippen LogP contribution >= 0.6 is 0 Å². The SMILES string of the molecule is Nc1cccc(CN(C[C@@H](O)[C@@H](N)Cc2ccccc2)OC2CCCC2)c1. The van der Waals surface area contributed by atoms with Crippen molar-refractivity contribution in [3.05, 3.63) is 65.7 Å². The topological polar surface area (TPSA) is 84.7 Å². The van der Waals surface area contributed by atoms with Crippen molar-refractivity contribution in [2.75, 3.05) is 12.3 Å². The molecule has 0 heterocycles. The highest BCUT2D eigenvalue weighted by Crippen LogP contribution is 2.23.